The van der Waals surface area contributed by atoms with E-state index in [1.165, 1.54) is 5.56 Å². The van der Waals surface area contributed by atoms with Crippen molar-refractivity contribution in [2.45, 2.75) is 18.6 Å². The number of aliphatic hydroxyl groups is 1. The number of carbonyl (C=O) groups excluding carboxylic acids is 1. The monoisotopic (exact) mass is 403 g/mol. The first-order chi connectivity index (χ1) is 14.7. The van der Waals surface area contributed by atoms with E-state index in [4.69, 9.17) is 0 Å². The Kier molecular flexibility index (Phi) is 4.84. The number of aliphatic hydroxyl groups excluding tert-OH is 1. The van der Waals surface area contributed by atoms with Gasteiger partial charge in [0.1, 0.15) is 5.69 Å². The van der Waals surface area contributed by atoms with Crippen molar-refractivity contribution in [1.29, 1.82) is 0 Å². The molecule has 7 nitrogen and oxygen atoms in total. The fraction of sp³-hybridized carbons (Fsp3) is 0.348. The fourth-order valence-corrected chi connectivity index (χ4v) is 5.22. The number of hydrogen-bond donors (Lipinski definition) is 3. The van der Waals surface area contributed by atoms with Crippen LogP contribution in [0, 0.1) is 11.3 Å². The van der Waals surface area contributed by atoms with E-state index in [1.54, 1.807) is 30.6 Å². The molecule has 30 heavy (non-hydrogen) atoms. The van der Waals surface area contributed by atoms with Crippen LogP contribution in [0.2, 0.25) is 0 Å². The first-order valence-electron chi connectivity index (χ1n) is 10.3. The van der Waals surface area contributed by atoms with Crippen LogP contribution in [0.5, 0.6) is 0 Å². The molecule has 1 saturated heterocycles. The van der Waals surface area contributed by atoms with Gasteiger partial charge in [0.15, 0.2) is 0 Å². The zero-order valence-electron chi connectivity index (χ0n) is 16.6. The summed E-state index contributed by atoms with van der Waals surface area (Å²) in [4.78, 5) is 18.9. The minimum Gasteiger partial charge on any atom is -0.391 e. The average molecular weight is 403 g/mol. The maximum Gasteiger partial charge on any atom is 0.269 e. The van der Waals surface area contributed by atoms with Crippen molar-refractivity contribution in [2.24, 2.45) is 11.3 Å². The Morgan fingerprint density at radius 1 is 1.17 bits per heavy atom. The summed E-state index contributed by atoms with van der Waals surface area (Å²) in [5, 5.41) is 21.2. The molecule has 2 aromatic heterocycles. The second-order valence-corrected chi connectivity index (χ2v) is 8.30. The molecule has 1 spiro atoms. The summed E-state index contributed by atoms with van der Waals surface area (Å²) in [5.41, 5.74) is 2.42. The molecule has 1 aliphatic carbocycles. The summed E-state index contributed by atoms with van der Waals surface area (Å²) in [6, 6.07) is 17.6. The standard InChI is InChI=1S/C23H25N5O2/c29-20-14-28(13-17-9-11-26-27-17)15-23(20)18(21(23)16-6-2-1-3-7-16)12-25-22(30)19-8-4-5-10-24-19/h1-11,18,20-21,29H,12-15H2,(H,25,30)(H,26,27)/t18-,20-,21-,23-/m1/s1. The Bertz CT molecular complexity index is 995. The largest absolute Gasteiger partial charge is 0.391 e. The SMILES string of the molecule is O=C(NC[C@@H]1[C@@H](c2ccccc2)[C@]12CN(Cc1ccn[nH]1)C[C@H]2O)c1ccccn1. The molecule has 3 aromatic rings. The number of likely N-dealkylation sites (tertiary alicyclic amines) is 1. The van der Waals surface area contributed by atoms with E-state index in [9.17, 15) is 9.90 Å². The van der Waals surface area contributed by atoms with Crippen molar-refractivity contribution in [3.05, 3.63) is 83.9 Å². The molecule has 1 amide bonds. The normalized spacial score (nSPS) is 28.0. The van der Waals surface area contributed by atoms with Gasteiger partial charge in [-0.15, -0.1) is 0 Å². The number of amides is 1. The molecule has 2 fully saturated rings. The third-order valence-electron chi connectivity index (χ3n) is 6.60. The first-order valence-corrected chi connectivity index (χ1v) is 10.3. The summed E-state index contributed by atoms with van der Waals surface area (Å²) in [6.07, 6.45) is 2.92. The Hall–Kier alpha value is -3.03. The Morgan fingerprint density at radius 3 is 2.73 bits per heavy atom. The molecule has 3 heterocycles. The number of carbonyl (C=O) groups is 1. The lowest BCUT2D eigenvalue weighted by Gasteiger charge is -2.16. The van der Waals surface area contributed by atoms with Gasteiger partial charge in [0.05, 0.1) is 6.10 Å². The van der Waals surface area contributed by atoms with Gasteiger partial charge in [0.25, 0.3) is 5.91 Å². The van der Waals surface area contributed by atoms with Crippen LogP contribution in [0.15, 0.2) is 67.0 Å². The van der Waals surface area contributed by atoms with Gasteiger partial charge in [-0.3, -0.25) is 19.8 Å². The number of rotatable bonds is 6. The Labute approximate surface area is 175 Å². The molecular formula is C23H25N5O2. The van der Waals surface area contributed by atoms with Crippen molar-refractivity contribution in [1.82, 2.24) is 25.4 Å². The highest BCUT2D eigenvalue weighted by Crippen LogP contribution is 2.68. The summed E-state index contributed by atoms with van der Waals surface area (Å²) in [5.74, 6) is 0.213. The molecule has 1 aromatic carbocycles. The zero-order valence-corrected chi connectivity index (χ0v) is 16.6. The van der Waals surface area contributed by atoms with Gasteiger partial charge in [-0.1, -0.05) is 36.4 Å². The number of nitrogens with one attached hydrogen (secondary N) is 2. The number of H-pyrrole nitrogens is 1. The van der Waals surface area contributed by atoms with E-state index in [-0.39, 0.29) is 23.2 Å². The molecule has 4 atom stereocenters. The summed E-state index contributed by atoms with van der Waals surface area (Å²) in [7, 11) is 0. The number of nitrogens with zero attached hydrogens (tertiary/aromatic N) is 3. The Balaban J connectivity index is 1.34. The Morgan fingerprint density at radius 2 is 2.00 bits per heavy atom. The molecular weight excluding hydrogens is 378 g/mol. The van der Waals surface area contributed by atoms with Crippen LogP contribution in [0.4, 0.5) is 0 Å². The van der Waals surface area contributed by atoms with E-state index in [0.717, 1.165) is 18.8 Å². The van der Waals surface area contributed by atoms with Crippen molar-refractivity contribution in [2.75, 3.05) is 19.6 Å². The minimum atomic E-state index is -0.442. The van der Waals surface area contributed by atoms with Crippen LogP contribution >= 0.6 is 0 Å². The summed E-state index contributed by atoms with van der Waals surface area (Å²) in [6.45, 7) is 2.65. The maximum atomic E-state index is 12.5. The van der Waals surface area contributed by atoms with Crippen molar-refractivity contribution < 1.29 is 9.90 Å². The van der Waals surface area contributed by atoms with E-state index >= 15 is 0 Å². The van der Waals surface area contributed by atoms with Gasteiger partial charge in [-0.2, -0.15) is 5.10 Å². The number of aromatic nitrogens is 3. The molecule has 3 N–H and O–H groups in total. The van der Waals surface area contributed by atoms with Gasteiger partial charge in [-0.05, 0) is 35.6 Å². The number of hydrogen-bond acceptors (Lipinski definition) is 5. The molecule has 7 heteroatoms. The highest BCUT2D eigenvalue weighted by molar-refractivity contribution is 5.92. The van der Waals surface area contributed by atoms with E-state index in [2.05, 4.69) is 37.5 Å². The lowest BCUT2D eigenvalue weighted by atomic mass is 9.95. The highest BCUT2D eigenvalue weighted by atomic mass is 16.3. The van der Waals surface area contributed by atoms with Crippen LogP contribution in [0.3, 0.4) is 0 Å². The third-order valence-corrected chi connectivity index (χ3v) is 6.60. The predicted octanol–water partition coefficient (Wildman–Crippen LogP) is 1.81. The van der Waals surface area contributed by atoms with Crippen molar-refractivity contribution in [3.8, 4) is 0 Å². The predicted molar refractivity (Wildman–Crippen MR) is 112 cm³/mol. The third kappa shape index (κ3) is 3.30. The van der Waals surface area contributed by atoms with Crippen LogP contribution < -0.4 is 5.32 Å². The molecule has 1 saturated carbocycles. The van der Waals surface area contributed by atoms with Crippen molar-refractivity contribution >= 4 is 5.91 Å². The van der Waals surface area contributed by atoms with E-state index < -0.39 is 6.10 Å². The second-order valence-electron chi connectivity index (χ2n) is 8.30. The topological polar surface area (TPSA) is 94.1 Å². The van der Waals surface area contributed by atoms with Gasteiger partial charge in [0.2, 0.25) is 0 Å². The molecule has 5 rings (SSSR count). The van der Waals surface area contributed by atoms with E-state index in [0.29, 0.717) is 18.8 Å². The lowest BCUT2D eigenvalue weighted by molar-refractivity contribution is 0.0934. The number of β-amino-alcohol motifs (C(OH)–C–C–N with tert-alkyl or cyclic N) is 1. The van der Waals surface area contributed by atoms with Gasteiger partial charge in [0, 0.05) is 49.7 Å². The number of benzene rings is 1. The molecule has 0 unspecified atom stereocenters. The van der Waals surface area contributed by atoms with Gasteiger partial charge >= 0.3 is 0 Å². The maximum absolute atomic E-state index is 12.5. The van der Waals surface area contributed by atoms with Crippen LogP contribution in [0.25, 0.3) is 0 Å². The summed E-state index contributed by atoms with van der Waals surface area (Å²) < 4.78 is 0. The van der Waals surface area contributed by atoms with E-state index in [1.807, 2.05) is 24.3 Å². The summed E-state index contributed by atoms with van der Waals surface area (Å²) >= 11 is 0. The molecule has 1 aliphatic heterocycles. The molecule has 2 aliphatic rings. The van der Waals surface area contributed by atoms with Crippen LogP contribution in [-0.4, -0.2) is 56.8 Å². The highest BCUT2D eigenvalue weighted by Gasteiger charge is 2.70. The molecule has 0 bridgehead atoms. The minimum absolute atomic E-state index is 0.175. The fourth-order valence-electron chi connectivity index (χ4n) is 5.22. The van der Waals surface area contributed by atoms with Gasteiger partial charge < -0.3 is 10.4 Å². The molecule has 154 valence electrons. The quantitative estimate of drug-likeness (QED) is 0.584. The number of pyridine rings is 1. The van der Waals surface area contributed by atoms with Gasteiger partial charge in [-0.25, -0.2) is 0 Å². The smallest absolute Gasteiger partial charge is 0.269 e. The zero-order chi connectivity index (χ0) is 20.6. The van der Waals surface area contributed by atoms with Crippen molar-refractivity contribution in [3.63, 3.8) is 0 Å². The average Bonchev–Trinajstić information content (AvgIpc) is 3.04. The lowest BCUT2D eigenvalue weighted by Crippen LogP contribution is -2.30. The molecule has 0 radical (unpaired) electrons. The second kappa shape index (κ2) is 7.66. The van der Waals surface area contributed by atoms with Crippen LogP contribution in [0.1, 0.15) is 27.7 Å². The first kappa shape index (κ1) is 19.0. The van der Waals surface area contributed by atoms with Crippen LogP contribution in [-0.2, 0) is 6.54 Å². The number of aromatic amines is 1.